The van der Waals surface area contributed by atoms with Crippen molar-refractivity contribution < 1.29 is 14.3 Å². The Morgan fingerprint density at radius 2 is 2.04 bits per heavy atom. The largest absolute Gasteiger partial charge is 0.467 e. The lowest BCUT2D eigenvalue weighted by atomic mass is 10.0. The second-order valence-corrected chi connectivity index (χ2v) is 6.05. The maximum atomic E-state index is 12.8. The van der Waals surface area contributed by atoms with Gasteiger partial charge in [-0.2, -0.15) is 0 Å². The van der Waals surface area contributed by atoms with Gasteiger partial charge in [0.25, 0.3) is 0 Å². The van der Waals surface area contributed by atoms with Gasteiger partial charge in [0.05, 0.1) is 13.2 Å². The van der Waals surface area contributed by atoms with E-state index in [1.54, 1.807) is 0 Å². The number of allylic oxidation sites excluding steroid dienone is 2. The molecule has 0 aromatic heterocycles. The van der Waals surface area contributed by atoms with E-state index in [-0.39, 0.29) is 11.9 Å². The van der Waals surface area contributed by atoms with Gasteiger partial charge in [-0.1, -0.05) is 36.4 Å². The number of hydrogen-bond donors (Lipinski definition) is 1. The summed E-state index contributed by atoms with van der Waals surface area (Å²) in [6.07, 6.45) is 7.82. The summed E-state index contributed by atoms with van der Waals surface area (Å²) in [5, 5.41) is 2.84. The molecule has 2 heterocycles. The number of ether oxygens (including phenoxy) is 1. The number of rotatable bonds is 5. The molecule has 1 N–H and O–H groups in total. The van der Waals surface area contributed by atoms with E-state index in [0.29, 0.717) is 6.42 Å². The molecule has 0 saturated carbocycles. The highest BCUT2D eigenvalue weighted by atomic mass is 16.5. The molecule has 0 fully saturated rings. The molecule has 6 heteroatoms. The zero-order valence-corrected chi connectivity index (χ0v) is 14.3. The number of nitrogens with one attached hydrogen (secondary N) is 1. The van der Waals surface area contributed by atoms with Gasteiger partial charge in [0, 0.05) is 12.6 Å². The van der Waals surface area contributed by atoms with Gasteiger partial charge < -0.3 is 15.0 Å². The smallest absolute Gasteiger partial charge is 0.328 e. The maximum Gasteiger partial charge on any atom is 0.328 e. The van der Waals surface area contributed by atoms with Crippen LogP contribution in [0.3, 0.4) is 0 Å². The van der Waals surface area contributed by atoms with E-state index < -0.39 is 18.1 Å². The van der Waals surface area contributed by atoms with E-state index in [1.807, 2.05) is 66.6 Å². The van der Waals surface area contributed by atoms with Crippen LogP contribution in [0, 0.1) is 0 Å². The van der Waals surface area contributed by atoms with Gasteiger partial charge >= 0.3 is 5.97 Å². The Kier molecular flexibility index (Phi) is 4.97. The van der Waals surface area contributed by atoms with Crippen LogP contribution in [0.25, 0.3) is 0 Å². The van der Waals surface area contributed by atoms with Crippen LogP contribution in [0.4, 0.5) is 0 Å². The van der Waals surface area contributed by atoms with Gasteiger partial charge in [0.2, 0.25) is 5.91 Å². The van der Waals surface area contributed by atoms with E-state index in [0.717, 1.165) is 11.4 Å². The molecule has 2 unspecified atom stereocenters. The first-order valence-corrected chi connectivity index (χ1v) is 8.23. The van der Waals surface area contributed by atoms with Crippen LogP contribution >= 0.6 is 0 Å². The fourth-order valence-electron chi connectivity index (χ4n) is 3.09. The van der Waals surface area contributed by atoms with Crippen molar-refractivity contribution in [3.05, 3.63) is 60.3 Å². The Labute approximate surface area is 146 Å². The van der Waals surface area contributed by atoms with Gasteiger partial charge in [-0.3, -0.25) is 9.79 Å². The second-order valence-electron chi connectivity index (χ2n) is 6.05. The van der Waals surface area contributed by atoms with Crippen LogP contribution in [0.15, 0.2) is 59.8 Å². The standard InChI is InChI=1S/C19H21N3O3/c1-13-17(22-11-7-6-10-16(22)20-13)18(23)21-15(19(24)25-2)12-14-8-4-3-5-9-14/h3-11,13,15,17H,12H2,1-2H3,(H,21,23)/t13?,15-,17?/m0/s1. The first-order valence-electron chi connectivity index (χ1n) is 8.23. The lowest BCUT2D eigenvalue weighted by molar-refractivity contribution is -0.145. The average Bonchev–Trinajstić information content (AvgIpc) is 2.97. The SMILES string of the molecule is COC(=O)[C@H](Cc1ccccc1)NC(=O)C1C(C)N=C2C=CC=CN21. The normalized spacial score (nSPS) is 22.2. The topological polar surface area (TPSA) is 71.0 Å². The molecular formula is C19H21N3O3. The van der Waals surface area contributed by atoms with Crippen molar-refractivity contribution in [2.24, 2.45) is 4.99 Å². The van der Waals surface area contributed by atoms with E-state index in [4.69, 9.17) is 4.74 Å². The van der Waals surface area contributed by atoms with E-state index in [1.165, 1.54) is 7.11 Å². The minimum absolute atomic E-state index is 0.197. The Morgan fingerprint density at radius 1 is 1.28 bits per heavy atom. The summed E-state index contributed by atoms with van der Waals surface area (Å²) in [7, 11) is 1.32. The Balaban J connectivity index is 1.73. The Morgan fingerprint density at radius 3 is 2.76 bits per heavy atom. The fraction of sp³-hybridized carbons (Fsp3) is 0.316. The first-order chi connectivity index (χ1) is 12.1. The van der Waals surface area contributed by atoms with Crippen LogP contribution in [-0.2, 0) is 20.7 Å². The summed E-state index contributed by atoms with van der Waals surface area (Å²) in [4.78, 5) is 31.3. The van der Waals surface area contributed by atoms with Crippen LogP contribution in [0.2, 0.25) is 0 Å². The predicted octanol–water partition coefficient (Wildman–Crippen LogP) is 1.44. The van der Waals surface area contributed by atoms with Crippen LogP contribution < -0.4 is 5.32 Å². The number of methoxy groups -OCH3 is 1. The van der Waals surface area contributed by atoms with Crippen molar-refractivity contribution in [1.82, 2.24) is 10.2 Å². The monoisotopic (exact) mass is 339 g/mol. The van der Waals surface area contributed by atoms with Gasteiger partial charge in [-0.15, -0.1) is 0 Å². The van der Waals surface area contributed by atoms with E-state index in [2.05, 4.69) is 10.3 Å². The molecule has 0 spiro atoms. The third-order valence-electron chi connectivity index (χ3n) is 4.31. The molecule has 130 valence electrons. The average molecular weight is 339 g/mol. The number of benzene rings is 1. The Bertz CT molecular complexity index is 740. The molecule has 3 atom stereocenters. The number of amides is 1. The predicted molar refractivity (Wildman–Crippen MR) is 94.9 cm³/mol. The summed E-state index contributed by atoms with van der Waals surface area (Å²) in [6, 6.07) is 8.13. The maximum absolute atomic E-state index is 12.8. The van der Waals surface area contributed by atoms with Gasteiger partial charge in [-0.25, -0.2) is 4.79 Å². The number of fused-ring (bicyclic) bond motifs is 1. The third-order valence-corrected chi connectivity index (χ3v) is 4.31. The molecule has 1 aromatic carbocycles. The van der Waals surface area contributed by atoms with E-state index >= 15 is 0 Å². The van der Waals surface area contributed by atoms with Crippen molar-refractivity contribution in [3.63, 3.8) is 0 Å². The molecule has 0 aliphatic carbocycles. The molecule has 2 aliphatic rings. The molecule has 0 bridgehead atoms. The molecule has 3 rings (SSSR count). The Hall–Kier alpha value is -2.89. The number of carbonyl (C=O) groups is 2. The number of nitrogens with zero attached hydrogens (tertiary/aromatic N) is 2. The van der Waals surface area contributed by atoms with Gasteiger partial charge in [-0.05, 0) is 24.6 Å². The molecule has 0 saturated heterocycles. The fourth-order valence-corrected chi connectivity index (χ4v) is 3.09. The van der Waals surface area contributed by atoms with Crippen LogP contribution in [0.5, 0.6) is 0 Å². The summed E-state index contributed by atoms with van der Waals surface area (Å²) in [6.45, 7) is 1.89. The molecular weight excluding hydrogens is 318 g/mol. The van der Waals surface area contributed by atoms with Crippen molar-refractivity contribution in [2.75, 3.05) is 7.11 Å². The quantitative estimate of drug-likeness (QED) is 0.824. The minimum Gasteiger partial charge on any atom is -0.467 e. The minimum atomic E-state index is -0.736. The number of esters is 1. The summed E-state index contributed by atoms with van der Waals surface area (Å²) in [5.74, 6) is 0.0587. The highest BCUT2D eigenvalue weighted by Crippen LogP contribution is 2.21. The summed E-state index contributed by atoms with van der Waals surface area (Å²) in [5.41, 5.74) is 0.954. The molecule has 25 heavy (non-hydrogen) atoms. The highest BCUT2D eigenvalue weighted by Gasteiger charge is 2.38. The van der Waals surface area contributed by atoms with Crippen molar-refractivity contribution in [1.29, 1.82) is 0 Å². The second kappa shape index (κ2) is 7.34. The zero-order chi connectivity index (χ0) is 17.8. The van der Waals surface area contributed by atoms with E-state index in [9.17, 15) is 9.59 Å². The molecule has 6 nitrogen and oxygen atoms in total. The van der Waals surface area contributed by atoms with Gasteiger partial charge in [0.15, 0.2) is 0 Å². The third kappa shape index (κ3) is 3.63. The molecule has 1 amide bonds. The number of carbonyl (C=O) groups excluding carboxylic acids is 2. The zero-order valence-electron chi connectivity index (χ0n) is 14.3. The highest BCUT2D eigenvalue weighted by molar-refractivity contribution is 6.01. The van der Waals surface area contributed by atoms with Crippen molar-refractivity contribution >= 4 is 17.7 Å². The molecule has 0 radical (unpaired) electrons. The number of hydrogen-bond acceptors (Lipinski definition) is 5. The van der Waals surface area contributed by atoms with Crippen LogP contribution in [-0.4, -0.2) is 47.8 Å². The van der Waals surface area contributed by atoms with Gasteiger partial charge in [0.1, 0.15) is 17.9 Å². The molecule has 2 aliphatic heterocycles. The summed E-state index contributed by atoms with van der Waals surface area (Å²) >= 11 is 0. The van der Waals surface area contributed by atoms with Crippen molar-refractivity contribution in [2.45, 2.75) is 31.5 Å². The first kappa shape index (κ1) is 17.0. The van der Waals surface area contributed by atoms with Crippen molar-refractivity contribution in [3.8, 4) is 0 Å². The number of aliphatic imine (C=N–C) groups is 1. The molecule has 1 aromatic rings. The number of amidine groups is 1. The lowest BCUT2D eigenvalue weighted by Crippen LogP contribution is -2.53. The lowest BCUT2D eigenvalue weighted by Gasteiger charge is -2.27. The van der Waals surface area contributed by atoms with Crippen LogP contribution in [0.1, 0.15) is 12.5 Å². The summed E-state index contributed by atoms with van der Waals surface area (Å²) < 4.78 is 4.86.